The van der Waals surface area contributed by atoms with Crippen LogP contribution in [-0.4, -0.2) is 5.11 Å². The van der Waals surface area contributed by atoms with Gasteiger partial charge in [-0.1, -0.05) is 0 Å². The zero-order valence-electron chi connectivity index (χ0n) is 7.52. The van der Waals surface area contributed by atoms with E-state index in [4.69, 9.17) is 5.26 Å². The minimum absolute atomic E-state index is 0.0988. The number of phenolic OH excluding ortho intramolecular Hbond substituents is 1. The lowest BCUT2D eigenvalue weighted by atomic mass is 9.96. The van der Waals surface area contributed by atoms with Crippen LogP contribution in [0, 0.1) is 23.0 Å². The van der Waals surface area contributed by atoms with Gasteiger partial charge in [0.05, 0.1) is 21.5 Å². The molecule has 1 aromatic rings. The van der Waals surface area contributed by atoms with Crippen molar-refractivity contribution < 1.29 is 13.9 Å². The lowest BCUT2D eigenvalue weighted by Gasteiger charge is -2.11. The van der Waals surface area contributed by atoms with Crippen LogP contribution in [-0.2, 0) is 5.41 Å². The van der Waals surface area contributed by atoms with Gasteiger partial charge < -0.3 is 5.11 Å². The summed E-state index contributed by atoms with van der Waals surface area (Å²) in [6, 6.07) is 2.77. The third-order valence-electron chi connectivity index (χ3n) is 2.58. The fraction of sp³-hybridized carbons (Fsp3) is 0.300. The van der Waals surface area contributed by atoms with Crippen LogP contribution in [0.4, 0.5) is 8.78 Å². The molecule has 1 aliphatic rings. The highest BCUT2D eigenvalue weighted by Crippen LogP contribution is 2.52. The van der Waals surface area contributed by atoms with Crippen LogP contribution in [0.2, 0.25) is 0 Å². The van der Waals surface area contributed by atoms with Gasteiger partial charge in [0.15, 0.2) is 0 Å². The minimum Gasteiger partial charge on any atom is -0.507 e. The average Bonchev–Trinajstić information content (AvgIpc) is 2.96. The molecule has 0 radical (unpaired) electrons. The fourth-order valence-corrected chi connectivity index (χ4v) is 1.89. The molecule has 0 saturated heterocycles. The summed E-state index contributed by atoms with van der Waals surface area (Å²) in [6.45, 7) is 0. The SMILES string of the molecule is N#CC1(c2c(O)cc(F)c(Br)c2F)CC1. The highest BCUT2D eigenvalue weighted by molar-refractivity contribution is 9.10. The summed E-state index contributed by atoms with van der Waals surface area (Å²) in [5.41, 5.74) is -1.07. The van der Waals surface area contributed by atoms with E-state index in [0.717, 1.165) is 6.07 Å². The Kier molecular flexibility index (Phi) is 2.19. The maximum absolute atomic E-state index is 13.6. The molecule has 0 unspecified atom stereocenters. The lowest BCUT2D eigenvalue weighted by molar-refractivity contribution is 0.443. The van der Waals surface area contributed by atoms with Crippen LogP contribution < -0.4 is 0 Å². The Bertz CT molecular complexity index is 477. The van der Waals surface area contributed by atoms with Gasteiger partial charge in [-0.05, 0) is 28.8 Å². The number of aromatic hydroxyl groups is 1. The van der Waals surface area contributed by atoms with E-state index < -0.39 is 22.8 Å². The van der Waals surface area contributed by atoms with Gasteiger partial charge in [0.25, 0.3) is 0 Å². The summed E-state index contributed by atoms with van der Waals surface area (Å²) < 4.78 is 26.3. The Labute approximate surface area is 93.3 Å². The Morgan fingerprint density at radius 1 is 1.47 bits per heavy atom. The van der Waals surface area contributed by atoms with Crippen LogP contribution in [0.5, 0.6) is 5.75 Å². The molecule has 1 fully saturated rings. The second-order valence-electron chi connectivity index (χ2n) is 3.57. The van der Waals surface area contributed by atoms with E-state index in [9.17, 15) is 13.9 Å². The predicted octanol–water partition coefficient (Wildman–Crippen LogP) is 2.99. The van der Waals surface area contributed by atoms with E-state index in [2.05, 4.69) is 15.9 Å². The topological polar surface area (TPSA) is 44.0 Å². The van der Waals surface area contributed by atoms with Crippen LogP contribution in [0.3, 0.4) is 0 Å². The number of phenols is 1. The first-order valence-electron chi connectivity index (χ1n) is 4.30. The molecule has 1 aromatic carbocycles. The van der Waals surface area contributed by atoms with Crippen molar-refractivity contribution in [1.29, 1.82) is 5.26 Å². The molecule has 78 valence electrons. The Morgan fingerprint density at radius 3 is 2.53 bits per heavy atom. The molecule has 1 N–H and O–H groups in total. The molecular weight excluding hydrogens is 268 g/mol. The maximum atomic E-state index is 13.6. The van der Waals surface area contributed by atoms with Crippen molar-refractivity contribution in [2.45, 2.75) is 18.3 Å². The van der Waals surface area contributed by atoms with E-state index in [1.807, 2.05) is 6.07 Å². The van der Waals surface area contributed by atoms with Crippen molar-refractivity contribution >= 4 is 15.9 Å². The first kappa shape index (κ1) is 10.4. The lowest BCUT2D eigenvalue weighted by Crippen LogP contribution is -2.07. The van der Waals surface area contributed by atoms with Crippen molar-refractivity contribution in [1.82, 2.24) is 0 Å². The molecule has 2 nitrogen and oxygen atoms in total. The average molecular weight is 274 g/mol. The summed E-state index contributed by atoms with van der Waals surface area (Å²) in [5, 5.41) is 18.3. The molecule has 1 saturated carbocycles. The number of nitriles is 1. The molecular formula is C10H6BrF2NO. The van der Waals surface area contributed by atoms with Crippen molar-refractivity contribution in [3.8, 4) is 11.8 Å². The molecule has 0 heterocycles. The Hall–Kier alpha value is -1.15. The van der Waals surface area contributed by atoms with Crippen LogP contribution >= 0.6 is 15.9 Å². The zero-order chi connectivity index (χ0) is 11.2. The molecule has 0 bridgehead atoms. The van der Waals surface area contributed by atoms with Gasteiger partial charge in [0, 0.05) is 6.07 Å². The van der Waals surface area contributed by atoms with Gasteiger partial charge >= 0.3 is 0 Å². The number of halogens is 3. The molecule has 0 amide bonds. The zero-order valence-corrected chi connectivity index (χ0v) is 9.11. The number of hydrogen-bond acceptors (Lipinski definition) is 2. The highest BCUT2D eigenvalue weighted by Gasteiger charge is 2.49. The smallest absolute Gasteiger partial charge is 0.148 e. The van der Waals surface area contributed by atoms with Gasteiger partial charge in [-0.15, -0.1) is 0 Å². The quantitative estimate of drug-likeness (QED) is 0.800. The van der Waals surface area contributed by atoms with E-state index in [1.54, 1.807) is 0 Å². The first-order valence-corrected chi connectivity index (χ1v) is 5.09. The van der Waals surface area contributed by atoms with Gasteiger partial charge in [0.2, 0.25) is 0 Å². The Balaban J connectivity index is 2.68. The van der Waals surface area contributed by atoms with E-state index >= 15 is 0 Å². The largest absolute Gasteiger partial charge is 0.507 e. The second kappa shape index (κ2) is 3.17. The second-order valence-corrected chi connectivity index (χ2v) is 4.37. The third kappa shape index (κ3) is 1.40. The Morgan fingerprint density at radius 2 is 2.07 bits per heavy atom. The first-order chi connectivity index (χ1) is 7.02. The summed E-state index contributed by atoms with van der Waals surface area (Å²) >= 11 is 2.74. The van der Waals surface area contributed by atoms with Crippen LogP contribution in [0.1, 0.15) is 18.4 Å². The van der Waals surface area contributed by atoms with Gasteiger partial charge in [0.1, 0.15) is 17.4 Å². The van der Waals surface area contributed by atoms with Gasteiger partial charge in [-0.3, -0.25) is 0 Å². The van der Waals surface area contributed by atoms with E-state index in [1.165, 1.54) is 0 Å². The standard InChI is InChI=1S/C10H6BrF2NO/c11-8-5(12)3-6(15)7(9(8)13)10(4-14)1-2-10/h3,15H,1-2H2. The molecule has 15 heavy (non-hydrogen) atoms. The number of hydrogen-bond donors (Lipinski definition) is 1. The number of nitrogens with zero attached hydrogens (tertiary/aromatic N) is 1. The molecule has 1 aliphatic carbocycles. The molecule has 0 spiro atoms. The number of benzene rings is 1. The van der Waals surface area contributed by atoms with Gasteiger partial charge in [-0.25, -0.2) is 8.78 Å². The third-order valence-corrected chi connectivity index (χ3v) is 3.31. The summed E-state index contributed by atoms with van der Waals surface area (Å²) in [4.78, 5) is 0. The normalized spacial score (nSPS) is 17.2. The summed E-state index contributed by atoms with van der Waals surface area (Å²) in [7, 11) is 0. The predicted molar refractivity (Wildman–Crippen MR) is 52.2 cm³/mol. The summed E-state index contributed by atoms with van der Waals surface area (Å²) in [6.07, 6.45) is 0.984. The molecule has 2 rings (SSSR count). The van der Waals surface area contributed by atoms with Crippen LogP contribution in [0.25, 0.3) is 0 Å². The molecule has 0 atom stereocenters. The minimum atomic E-state index is -0.968. The monoisotopic (exact) mass is 273 g/mol. The highest BCUT2D eigenvalue weighted by atomic mass is 79.9. The molecule has 0 aliphatic heterocycles. The van der Waals surface area contributed by atoms with Crippen molar-refractivity contribution in [2.24, 2.45) is 0 Å². The van der Waals surface area contributed by atoms with Crippen molar-refractivity contribution in [3.63, 3.8) is 0 Å². The van der Waals surface area contributed by atoms with Crippen molar-refractivity contribution in [3.05, 3.63) is 27.7 Å². The van der Waals surface area contributed by atoms with E-state index in [0.29, 0.717) is 12.8 Å². The number of rotatable bonds is 1. The fourth-order valence-electron chi connectivity index (χ4n) is 1.58. The van der Waals surface area contributed by atoms with E-state index in [-0.39, 0.29) is 10.0 Å². The van der Waals surface area contributed by atoms with Crippen LogP contribution in [0.15, 0.2) is 10.5 Å². The molecule has 0 aromatic heterocycles. The summed E-state index contributed by atoms with van der Waals surface area (Å²) in [5.74, 6) is -2.25. The van der Waals surface area contributed by atoms with Gasteiger partial charge in [-0.2, -0.15) is 5.26 Å². The molecule has 5 heteroatoms. The maximum Gasteiger partial charge on any atom is 0.148 e. The van der Waals surface area contributed by atoms with Crippen molar-refractivity contribution in [2.75, 3.05) is 0 Å².